The fourth-order valence-corrected chi connectivity index (χ4v) is 1.59. The summed E-state index contributed by atoms with van der Waals surface area (Å²) in [6, 6.07) is 5.27. The standard InChI is InChI=1S/C13H10F2O4/c1-18-13(17)11-5-4-10(19-11)12(16)8-6-7(14)2-3-9(8)15/h2-6,12,16H,1H3. The molecule has 0 amide bonds. The molecule has 1 atom stereocenters. The van der Waals surface area contributed by atoms with Crippen LogP contribution in [-0.2, 0) is 4.74 Å². The Balaban J connectivity index is 2.33. The van der Waals surface area contributed by atoms with Crippen molar-refractivity contribution in [2.45, 2.75) is 6.10 Å². The van der Waals surface area contributed by atoms with E-state index in [2.05, 4.69) is 4.74 Å². The van der Waals surface area contributed by atoms with Crippen molar-refractivity contribution in [1.29, 1.82) is 0 Å². The minimum absolute atomic E-state index is 0.0788. The molecule has 2 aromatic rings. The second-order valence-electron chi connectivity index (χ2n) is 3.76. The van der Waals surface area contributed by atoms with E-state index in [4.69, 9.17) is 4.42 Å². The molecular weight excluding hydrogens is 258 g/mol. The van der Waals surface area contributed by atoms with Gasteiger partial charge in [-0.25, -0.2) is 13.6 Å². The zero-order valence-corrected chi connectivity index (χ0v) is 9.89. The lowest BCUT2D eigenvalue weighted by Crippen LogP contribution is -2.03. The molecule has 2 rings (SSSR count). The molecule has 0 radical (unpaired) electrons. The van der Waals surface area contributed by atoms with Crippen LogP contribution >= 0.6 is 0 Å². The van der Waals surface area contributed by atoms with Gasteiger partial charge in [0.1, 0.15) is 23.5 Å². The normalized spacial score (nSPS) is 12.2. The van der Waals surface area contributed by atoms with E-state index in [9.17, 15) is 18.7 Å². The monoisotopic (exact) mass is 268 g/mol. The third-order valence-electron chi connectivity index (χ3n) is 2.54. The largest absolute Gasteiger partial charge is 0.463 e. The van der Waals surface area contributed by atoms with Crippen LogP contribution in [0.2, 0.25) is 0 Å². The number of methoxy groups -OCH3 is 1. The summed E-state index contributed by atoms with van der Waals surface area (Å²) in [6.07, 6.45) is -1.51. The summed E-state index contributed by atoms with van der Waals surface area (Å²) < 4.78 is 36.0. The van der Waals surface area contributed by atoms with E-state index >= 15 is 0 Å². The van der Waals surface area contributed by atoms with Crippen LogP contribution in [0.25, 0.3) is 0 Å². The van der Waals surface area contributed by atoms with Gasteiger partial charge < -0.3 is 14.3 Å². The minimum Gasteiger partial charge on any atom is -0.463 e. The molecule has 1 aromatic carbocycles. The van der Waals surface area contributed by atoms with Gasteiger partial charge in [0.25, 0.3) is 0 Å². The van der Waals surface area contributed by atoms with Crippen LogP contribution in [0, 0.1) is 11.6 Å². The Labute approximate surface area is 107 Å². The Kier molecular flexibility index (Phi) is 3.62. The van der Waals surface area contributed by atoms with Gasteiger partial charge in [0.15, 0.2) is 0 Å². The third-order valence-corrected chi connectivity index (χ3v) is 2.54. The van der Waals surface area contributed by atoms with E-state index in [0.717, 1.165) is 18.2 Å². The first kappa shape index (κ1) is 13.2. The van der Waals surface area contributed by atoms with Crippen LogP contribution in [0.4, 0.5) is 8.78 Å². The van der Waals surface area contributed by atoms with Crippen LogP contribution in [0.1, 0.15) is 28.0 Å². The summed E-state index contributed by atoms with van der Waals surface area (Å²) >= 11 is 0. The SMILES string of the molecule is COC(=O)c1ccc(C(O)c2cc(F)ccc2F)o1. The highest BCUT2D eigenvalue weighted by Crippen LogP contribution is 2.26. The smallest absolute Gasteiger partial charge is 0.373 e. The Morgan fingerprint density at radius 1 is 1.32 bits per heavy atom. The number of furan rings is 1. The minimum atomic E-state index is -1.51. The number of hydrogen-bond acceptors (Lipinski definition) is 4. The van der Waals surface area contributed by atoms with Crippen LogP contribution < -0.4 is 0 Å². The summed E-state index contributed by atoms with van der Waals surface area (Å²) in [4.78, 5) is 11.2. The molecule has 1 heterocycles. The molecule has 0 saturated heterocycles. The number of carbonyl (C=O) groups excluding carboxylic acids is 1. The van der Waals surface area contributed by atoms with E-state index in [1.54, 1.807) is 0 Å². The van der Waals surface area contributed by atoms with Crippen LogP contribution in [0.5, 0.6) is 0 Å². The van der Waals surface area contributed by atoms with Crippen LogP contribution in [0.3, 0.4) is 0 Å². The second-order valence-corrected chi connectivity index (χ2v) is 3.76. The highest BCUT2D eigenvalue weighted by atomic mass is 19.1. The molecule has 1 N–H and O–H groups in total. The van der Waals surface area contributed by atoms with Gasteiger partial charge in [0.05, 0.1) is 7.11 Å². The van der Waals surface area contributed by atoms with E-state index in [0.29, 0.717) is 0 Å². The van der Waals surface area contributed by atoms with Gasteiger partial charge in [-0.05, 0) is 30.3 Å². The zero-order valence-electron chi connectivity index (χ0n) is 9.89. The van der Waals surface area contributed by atoms with Gasteiger partial charge in [0, 0.05) is 5.56 Å². The number of benzene rings is 1. The topological polar surface area (TPSA) is 59.7 Å². The zero-order chi connectivity index (χ0) is 14.0. The molecule has 0 aliphatic rings. The number of aliphatic hydroxyl groups excluding tert-OH is 1. The lowest BCUT2D eigenvalue weighted by atomic mass is 10.1. The number of halogens is 2. The maximum absolute atomic E-state index is 13.5. The van der Waals surface area contributed by atoms with Crippen molar-refractivity contribution in [3.8, 4) is 0 Å². The lowest BCUT2D eigenvalue weighted by molar-refractivity contribution is 0.0558. The number of ether oxygens (including phenoxy) is 1. The van der Waals surface area contributed by atoms with Crippen LogP contribution in [-0.4, -0.2) is 18.2 Å². The maximum Gasteiger partial charge on any atom is 0.373 e. The number of rotatable bonds is 3. The van der Waals surface area contributed by atoms with Gasteiger partial charge in [0.2, 0.25) is 5.76 Å². The van der Waals surface area contributed by atoms with Crippen molar-refractivity contribution >= 4 is 5.97 Å². The summed E-state index contributed by atoms with van der Waals surface area (Å²) in [5, 5.41) is 9.91. The predicted octanol–water partition coefficient (Wildman–Crippen LogP) is 2.43. The lowest BCUT2D eigenvalue weighted by Gasteiger charge is -2.09. The van der Waals surface area contributed by atoms with E-state index in [1.165, 1.54) is 19.2 Å². The Morgan fingerprint density at radius 2 is 2.05 bits per heavy atom. The highest BCUT2D eigenvalue weighted by molar-refractivity contribution is 5.86. The Bertz CT molecular complexity index is 606. The number of carbonyl (C=O) groups is 1. The molecule has 1 unspecified atom stereocenters. The molecule has 100 valence electrons. The summed E-state index contributed by atoms with van der Waals surface area (Å²) in [5.41, 5.74) is -0.272. The molecule has 0 fully saturated rings. The van der Waals surface area contributed by atoms with Crippen molar-refractivity contribution in [1.82, 2.24) is 0 Å². The summed E-state index contributed by atoms with van der Waals surface area (Å²) in [7, 11) is 1.17. The molecule has 0 spiro atoms. The summed E-state index contributed by atoms with van der Waals surface area (Å²) in [6.45, 7) is 0. The van der Waals surface area contributed by atoms with Crippen LogP contribution in [0.15, 0.2) is 34.7 Å². The Hall–Kier alpha value is -2.21. The molecule has 0 saturated carbocycles. The average molecular weight is 268 g/mol. The van der Waals surface area contributed by atoms with Crippen molar-refractivity contribution in [3.05, 3.63) is 59.1 Å². The summed E-state index contributed by atoms with van der Waals surface area (Å²) in [5.74, 6) is -2.39. The van der Waals surface area contributed by atoms with E-state index in [1.807, 2.05) is 0 Å². The number of esters is 1. The van der Waals surface area contributed by atoms with Gasteiger partial charge in [-0.3, -0.25) is 0 Å². The first-order chi connectivity index (χ1) is 9.02. The molecule has 0 bridgehead atoms. The maximum atomic E-state index is 13.5. The molecule has 19 heavy (non-hydrogen) atoms. The molecule has 0 aliphatic carbocycles. The molecular formula is C13H10F2O4. The molecule has 1 aromatic heterocycles. The fraction of sp³-hybridized carbons (Fsp3) is 0.154. The van der Waals surface area contributed by atoms with E-state index < -0.39 is 23.7 Å². The van der Waals surface area contributed by atoms with Crippen molar-refractivity contribution in [2.24, 2.45) is 0 Å². The first-order valence-corrected chi connectivity index (χ1v) is 5.34. The van der Waals surface area contributed by atoms with Crippen molar-refractivity contribution in [2.75, 3.05) is 7.11 Å². The first-order valence-electron chi connectivity index (χ1n) is 5.34. The fourth-order valence-electron chi connectivity index (χ4n) is 1.59. The molecule has 4 nitrogen and oxygen atoms in total. The van der Waals surface area contributed by atoms with Gasteiger partial charge in [-0.15, -0.1) is 0 Å². The van der Waals surface area contributed by atoms with Crippen molar-refractivity contribution in [3.63, 3.8) is 0 Å². The van der Waals surface area contributed by atoms with Gasteiger partial charge in [-0.1, -0.05) is 0 Å². The number of aliphatic hydroxyl groups is 1. The quantitative estimate of drug-likeness (QED) is 0.868. The molecule has 6 heteroatoms. The Morgan fingerprint density at radius 3 is 2.74 bits per heavy atom. The third kappa shape index (κ3) is 2.63. The van der Waals surface area contributed by atoms with Crippen molar-refractivity contribution < 1.29 is 27.8 Å². The molecule has 0 aliphatic heterocycles. The predicted molar refractivity (Wildman–Crippen MR) is 60.5 cm³/mol. The highest BCUT2D eigenvalue weighted by Gasteiger charge is 2.21. The van der Waals surface area contributed by atoms with E-state index in [-0.39, 0.29) is 17.1 Å². The number of hydrogen-bond donors (Lipinski definition) is 1. The second kappa shape index (κ2) is 5.19. The van der Waals surface area contributed by atoms with Gasteiger partial charge in [-0.2, -0.15) is 0 Å². The van der Waals surface area contributed by atoms with Gasteiger partial charge >= 0.3 is 5.97 Å². The average Bonchev–Trinajstić information content (AvgIpc) is 2.89.